The van der Waals surface area contributed by atoms with Gasteiger partial charge in [0.1, 0.15) is 5.82 Å². The van der Waals surface area contributed by atoms with Crippen molar-refractivity contribution in [3.63, 3.8) is 0 Å². The van der Waals surface area contributed by atoms with Gasteiger partial charge in [0.25, 0.3) is 5.91 Å². The molecule has 0 aliphatic heterocycles. The van der Waals surface area contributed by atoms with E-state index in [1.165, 1.54) is 0 Å². The third-order valence-corrected chi connectivity index (χ3v) is 2.47. The Morgan fingerprint density at radius 3 is 2.89 bits per heavy atom. The molecule has 7 heteroatoms. The molecule has 0 aliphatic carbocycles. The van der Waals surface area contributed by atoms with E-state index in [4.69, 9.17) is 5.73 Å². The largest absolute Gasteiger partial charge is 0.395 e. The Balaban J connectivity index is 2.03. The first-order valence-electron chi connectivity index (χ1n) is 5.45. The highest BCUT2D eigenvalue weighted by Crippen LogP contribution is 2.11. The molecule has 2 aromatic rings. The second-order valence-electron chi connectivity index (χ2n) is 3.89. The van der Waals surface area contributed by atoms with E-state index in [1.807, 2.05) is 0 Å². The minimum Gasteiger partial charge on any atom is -0.395 e. The first-order chi connectivity index (χ1) is 8.58. The van der Waals surface area contributed by atoms with Gasteiger partial charge in [-0.15, -0.1) is 0 Å². The summed E-state index contributed by atoms with van der Waals surface area (Å²) in [6, 6.07) is 1.74. The van der Waals surface area contributed by atoms with Crippen molar-refractivity contribution in [2.75, 3.05) is 5.73 Å². The highest BCUT2D eigenvalue weighted by molar-refractivity contribution is 5.97. The smallest absolute Gasteiger partial charge is 0.274 e. The number of rotatable bonds is 3. The highest BCUT2D eigenvalue weighted by atomic mass is 16.1. The molecule has 0 aliphatic rings. The van der Waals surface area contributed by atoms with Crippen LogP contribution in [0.2, 0.25) is 0 Å². The number of hydrogen-bond donors (Lipinski definition) is 3. The lowest BCUT2D eigenvalue weighted by Gasteiger charge is -2.03. The quantitative estimate of drug-likeness (QED) is 0.723. The van der Waals surface area contributed by atoms with Crippen LogP contribution in [0.5, 0.6) is 0 Å². The minimum absolute atomic E-state index is 0.207. The lowest BCUT2D eigenvalue weighted by molar-refractivity contribution is 0.0946. The molecule has 2 aromatic heterocycles. The van der Waals surface area contributed by atoms with Gasteiger partial charge in [0.15, 0.2) is 5.69 Å². The van der Waals surface area contributed by atoms with Gasteiger partial charge in [-0.05, 0) is 19.9 Å². The third kappa shape index (κ3) is 2.45. The molecule has 0 unspecified atom stereocenters. The normalized spacial score (nSPS) is 10.3. The number of H-pyrrole nitrogens is 1. The summed E-state index contributed by atoms with van der Waals surface area (Å²) in [5.74, 6) is 0.338. The average Bonchev–Trinajstić information content (AvgIpc) is 2.67. The van der Waals surface area contributed by atoms with Crippen LogP contribution in [-0.4, -0.2) is 26.1 Å². The summed E-state index contributed by atoms with van der Waals surface area (Å²) in [5.41, 5.74) is 7.71. The number of aromatic nitrogens is 4. The zero-order valence-corrected chi connectivity index (χ0v) is 10.2. The van der Waals surface area contributed by atoms with Crippen LogP contribution in [-0.2, 0) is 6.54 Å². The van der Waals surface area contributed by atoms with Crippen LogP contribution in [0.4, 0.5) is 5.69 Å². The van der Waals surface area contributed by atoms with E-state index in [0.717, 1.165) is 5.69 Å². The number of hydrogen-bond acceptors (Lipinski definition) is 5. The first-order valence-corrected chi connectivity index (χ1v) is 5.45. The molecule has 0 bridgehead atoms. The minimum atomic E-state index is -0.326. The summed E-state index contributed by atoms with van der Waals surface area (Å²) in [6.07, 6.45) is 1.65. The molecule has 18 heavy (non-hydrogen) atoms. The number of nitrogen functional groups attached to an aromatic ring is 1. The molecule has 0 saturated carbocycles. The van der Waals surface area contributed by atoms with Gasteiger partial charge >= 0.3 is 0 Å². The summed E-state index contributed by atoms with van der Waals surface area (Å²) in [4.78, 5) is 20.0. The van der Waals surface area contributed by atoms with Gasteiger partial charge in [-0.2, -0.15) is 5.10 Å². The van der Waals surface area contributed by atoms with E-state index in [9.17, 15) is 4.79 Å². The topological polar surface area (TPSA) is 110 Å². The Morgan fingerprint density at radius 1 is 1.50 bits per heavy atom. The van der Waals surface area contributed by atoms with Crippen molar-refractivity contribution in [2.45, 2.75) is 20.4 Å². The lowest BCUT2D eigenvalue weighted by atomic mass is 10.3. The fourth-order valence-electron chi connectivity index (χ4n) is 1.47. The van der Waals surface area contributed by atoms with Gasteiger partial charge < -0.3 is 11.1 Å². The van der Waals surface area contributed by atoms with Crippen LogP contribution in [0.25, 0.3) is 0 Å². The molecule has 2 heterocycles. The Bertz CT molecular complexity index is 577. The summed E-state index contributed by atoms with van der Waals surface area (Å²) < 4.78 is 0. The number of carbonyl (C=O) groups is 1. The van der Waals surface area contributed by atoms with Crippen LogP contribution in [0.15, 0.2) is 12.3 Å². The van der Waals surface area contributed by atoms with Gasteiger partial charge in [-0.3, -0.25) is 9.89 Å². The number of nitrogens with zero attached hydrogens (tertiary/aromatic N) is 3. The molecule has 0 aromatic carbocycles. The molecule has 0 spiro atoms. The first kappa shape index (κ1) is 12.0. The van der Waals surface area contributed by atoms with E-state index in [-0.39, 0.29) is 11.6 Å². The Labute approximate surface area is 104 Å². The van der Waals surface area contributed by atoms with Crippen LogP contribution in [0.3, 0.4) is 0 Å². The molecular formula is C11H14N6O. The molecule has 2 rings (SSSR count). The number of aryl methyl sites for hydroxylation is 2. The van der Waals surface area contributed by atoms with Crippen molar-refractivity contribution in [3.05, 3.63) is 35.2 Å². The Kier molecular flexibility index (Phi) is 3.22. The zero-order chi connectivity index (χ0) is 13.1. The Morgan fingerprint density at radius 2 is 2.28 bits per heavy atom. The second-order valence-corrected chi connectivity index (χ2v) is 3.89. The van der Waals surface area contributed by atoms with Crippen molar-refractivity contribution in [2.24, 2.45) is 0 Å². The van der Waals surface area contributed by atoms with E-state index in [0.29, 0.717) is 23.8 Å². The molecule has 0 atom stereocenters. The van der Waals surface area contributed by atoms with Crippen LogP contribution in [0, 0.1) is 13.8 Å². The summed E-state index contributed by atoms with van der Waals surface area (Å²) >= 11 is 0. The highest BCUT2D eigenvalue weighted by Gasteiger charge is 2.14. The monoisotopic (exact) mass is 246 g/mol. The average molecular weight is 246 g/mol. The molecular weight excluding hydrogens is 232 g/mol. The standard InChI is InChI=1S/C11H14N6O/c1-6-9(12)10(17-16-6)11(18)14-5-8-3-4-13-7(2)15-8/h3-4H,5,12H2,1-2H3,(H,14,18)(H,16,17). The second kappa shape index (κ2) is 4.82. The van der Waals surface area contributed by atoms with Crippen molar-refractivity contribution in [1.29, 1.82) is 0 Å². The van der Waals surface area contributed by atoms with Crippen molar-refractivity contribution in [3.8, 4) is 0 Å². The zero-order valence-electron chi connectivity index (χ0n) is 10.2. The van der Waals surface area contributed by atoms with Crippen molar-refractivity contribution < 1.29 is 4.79 Å². The van der Waals surface area contributed by atoms with E-state index in [1.54, 1.807) is 26.1 Å². The number of aromatic amines is 1. The van der Waals surface area contributed by atoms with Gasteiger partial charge in [0.2, 0.25) is 0 Å². The number of nitrogens with one attached hydrogen (secondary N) is 2. The molecule has 0 fully saturated rings. The van der Waals surface area contributed by atoms with E-state index in [2.05, 4.69) is 25.5 Å². The molecule has 7 nitrogen and oxygen atoms in total. The Hall–Kier alpha value is -2.44. The SMILES string of the molecule is Cc1nccc(CNC(=O)c2n[nH]c(C)c2N)n1. The lowest BCUT2D eigenvalue weighted by Crippen LogP contribution is -2.24. The van der Waals surface area contributed by atoms with Gasteiger partial charge in [-0.1, -0.05) is 0 Å². The fraction of sp³-hybridized carbons (Fsp3) is 0.273. The predicted molar refractivity (Wildman–Crippen MR) is 65.7 cm³/mol. The fourth-order valence-corrected chi connectivity index (χ4v) is 1.47. The van der Waals surface area contributed by atoms with Crippen molar-refractivity contribution in [1.82, 2.24) is 25.5 Å². The molecule has 4 N–H and O–H groups in total. The molecule has 1 amide bonds. The maximum absolute atomic E-state index is 11.8. The van der Waals surface area contributed by atoms with Crippen molar-refractivity contribution >= 4 is 11.6 Å². The van der Waals surface area contributed by atoms with E-state index < -0.39 is 0 Å². The van der Waals surface area contributed by atoms with Crippen LogP contribution >= 0.6 is 0 Å². The number of amides is 1. The number of nitrogens with two attached hydrogens (primary N) is 1. The number of carbonyl (C=O) groups excluding carboxylic acids is 1. The summed E-state index contributed by atoms with van der Waals surface area (Å²) in [6.45, 7) is 3.86. The molecule has 0 saturated heterocycles. The predicted octanol–water partition coefficient (Wildman–Crippen LogP) is 0.329. The maximum Gasteiger partial charge on any atom is 0.274 e. The molecule has 94 valence electrons. The van der Waals surface area contributed by atoms with Crippen LogP contribution in [0.1, 0.15) is 27.7 Å². The van der Waals surface area contributed by atoms with Gasteiger partial charge in [0.05, 0.1) is 23.6 Å². The summed E-state index contributed by atoms with van der Waals surface area (Å²) in [5, 5.41) is 9.22. The van der Waals surface area contributed by atoms with Crippen LogP contribution < -0.4 is 11.1 Å². The van der Waals surface area contributed by atoms with Gasteiger partial charge in [-0.25, -0.2) is 9.97 Å². The number of anilines is 1. The van der Waals surface area contributed by atoms with E-state index >= 15 is 0 Å². The third-order valence-electron chi connectivity index (χ3n) is 2.47. The van der Waals surface area contributed by atoms with Gasteiger partial charge in [0, 0.05) is 6.20 Å². The maximum atomic E-state index is 11.8. The summed E-state index contributed by atoms with van der Waals surface area (Å²) in [7, 11) is 0. The molecule has 0 radical (unpaired) electrons.